The van der Waals surface area contributed by atoms with Gasteiger partial charge in [0.2, 0.25) is 0 Å². The van der Waals surface area contributed by atoms with Gasteiger partial charge in [0.15, 0.2) is 36.6 Å². The molecular weight excluding hydrogens is 855 g/mol. The molecule has 0 bridgehead atoms. The molecule has 21 nitrogen and oxygen atoms in total. The van der Waals surface area contributed by atoms with Gasteiger partial charge in [0.05, 0.1) is 15.5 Å². The van der Waals surface area contributed by atoms with Crippen molar-refractivity contribution in [2.24, 2.45) is 0 Å². The first kappa shape index (κ1) is 48.1. The van der Waals surface area contributed by atoms with Crippen LogP contribution in [0.2, 0.25) is 0 Å². The Kier molecular flexibility index (Phi) is 16.8. The summed E-state index contributed by atoms with van der Waals surface area (Å²) in [5.74, 6) is -8.93. The summed E-state index contributed by atoms with van der Waals surface area (Å²) in [6.07, 6.45) is -12.5. The van der Waals surface area contributed by atoms with Crippen LogP contribution in [0, 0.1) is 0 Å². The van der Waals surface area contributed by atoms with Crippen LogP contribution in [0.4, 0.5) is 5.69 Å². The Balaban J connectivity index is 1.92. The van der Waals surface area contributed by atoms with Crippen LogP contribution >= 0.6 is 23.5 Å². The lowest BCUT2D eigenvalue weighted by molar-refractivity contribution is -0.237. The topological polar surface area (TPSA) is 266 Å². The second kappa shape index (κ2) is 21.3. The Bertz CT molecular complexity index is 1820. The average molecular weight is 898 g/mol. The summed E-state index contributed by atoms with van der Waals surface area (Å²) in [6.45, 7) is 7.15. The van der Waals surface area contributed by atoms with E-state index in [0.29, 0.717) is 23.5 Å². The fraction of sp³-hybridized carbons (Fsp3) is 0.526. The minimum atomic E-state index is -1.66. The SMILES string of the molecule is CC(=O)OC[C@H]1O[C@@H](SC2=C(S[C@@H]3O[C@H](COC(C)=O)[C@@H](OC(C)=O)[C@H](OC(C)=O)[C@H]3OC(C)=O)C(=O)N(c3ccccc3)C2=O)[C@H](OC(C)=O)[C@@H](OC(C)=O)[C@@H]1OC(C)=O. The Morgan fingerprint density at radius 1 is 0.475 bits per heavy atom. The van der Waals surface area contributed by atoms with Gasteiger partial charge in [-0.15, -0.1) is 0 Å². The number of ether oxygens (including phenoxy) is 10. The molecule has 3 aliphatic rings. The Labute approximate surface area is 356 Å². The maximum Gasteiger partial charge on any atom is 0.303 e. The molecular formula is C38H43NO20S2. The minimum Gasteiger partial charge on any atom is -0.463 e. The van der Waals surface area contributed by atoms with E-state index in [2.05, 4.69) is 0 Å². The lowest BCUT2D eigenvalue weighted by atomic mass is 9.99. The van der Waals surface area contributed by atoms with E-state index in [9.17, 15) is 47.9 Å². The maximum absolute atomic E-state index is 14.5. The van der Waals surface area contributed by atoms with Gasteiger partial charge in [-0.2, -0.15) is 0 Å². The van der Waals surface area contributed by atoms with Crippen molar-refractivity contribution in [2.75, 3.05) is 18.1 Å². The molecule has 23 heteroatoms. The van der Waals surface area contributed by atoms with Gasteiger partial charge in [0.1, 0.15) is 36.3 Å². The first-order valence-corrected chi connectivity index (χ1v) is 20.1. The predicted octanol–water partition coefficient (Wildman–Crippen LogP) is 1.40. The standard InChI is InChI=1S/C38H43NO20S2/c1-16(40)50-14-25-27(52-18(3)42)29(54-20(5)44)31(56-22(7)46)37(58-25)60-33-34(36(49)39(35(33)48)24-12-10-9-11-13-24)61-38-32(57-23(8)47)30(55-21(6)45)28(53-19(4)43)26(59-38)15-51-17(2)41/h9-13,25-32,37-38H,14-15H2,1-8H3/t25-,26-,27-,28-,29+,30+,31-,32-,37+,38+/m1/s1. The number of rotatable bonds is 15. The summed E-state index contributed by atoms with van der Waals surface area (Å²) in [6, 6.07) is 7.63. The first-order chi connectivity index (χ1) is 28.7. The molecule has 10 atom stereocenters. The van der Waals surface area contributed by atoms with Crippen LogP contribution < -0.4 is 4.90 Å². The largest absolute Gasteiger partial charge is 0.463 e. The Morgan fingerprint density at radius 3 is 1.10 bits per heavy atom. The Hall–Kier alpha value is -5.52. The number of hydrogen-bond acceptors (Lipinski definition) is 22. The van der Waals surface area contributed by atoms with Crippen molar-refractivity contribution in [3.8, 4) is 0 Å². The van der Waals surface area contributed by atoms with Crippen molar-refractivity contribution in [3.63, 3.8) is 0 Å². The molecule has 0 saturated carbocycles. The monoisotopic (exact) mass is 897 g/mol. The number of nitrogens with zero attached hydrogens (tertiary/aromatic N) is 1. The van der Waals surface area contributed by atoms with E-state index in [1.165, 1.54) is 12.1 Å². The highest BCUT2D eigenvalue weighted by molar-refractivity contribution is 8.08. The highest BCUT2D eigenvalue weighted by Gasteiger charge is 2.57. The summed E-state index contributed by atoms with van der Waals surface area (Å²) >= 11 is 1.03. The minimum absolute atomic E-state index is 0.0919. The summed E-state index contributed by atoms with van der Waals surface area (Å²) < 4.78 is 55.8. The number of amides is 2. The zero-order chi connectivity index (χ0) is 45.3. The molecule has 332 valence electrons. The van der Waals surface area contributed by atoms with Crippen molar-refractivity contribution < 1.29 is 95.3 Å². The molecule has 0 N–H and O–H groups in total. The third-order valence-corrected chi connectivity index (χ3v) is 11.0. The van der Waals surface area contributed by atoms with Crippen molar-refractivity contribution in [1.82, 2.24) is 0 Å². The molecule has 2 fully saturated rings. The van der Waals surface area contributed by atoms with E-state index >= 15 is 0 Å². The van der Waals surface area contributed by atoms with E-state index in [1.807, 2.05) is 0 Å². The number of carbonyl (C=O) groups is 10. The van der Waals surface area contributed by atoms with E-state index in [-0.39, 0.29) is 5.69 Å². The molecule has 0 aliphatic carbocycles. The highest BCUT2D eigenvalue weighted by atomic mass is 32.2. The van der Waals surface area contributed by atoms with E-state index in [4.69, 9.17) is 47.4 Å². The average Bonchev–Trinajstić information content (AvgIpc) is 3.37. The number of carbonyl (C=O) groups excluding carboxylic acids is 10. The molecule has 0 unspecified atom stereocenters. The molecule has 0 radical (unpaired) electrons. The normalized spacial score (nSPS) is 27.3. The van der Waals surface area contributed by atoms with Gasteiger partial charge in [0.25, 0.3) is 11.8 Å². The lowest BCUT2D eigenvalue weighted by Crippen LogP contribution is -2.61. The van der Waals surface area contributed by atoms with Crippen LogP contribution in [0.15, 0.2) is 40.1 Å². The van der Waals surface area contributed by atoms with Crippen LogP contribution in [0.5, 0.6) is 0 Å². The number of thioether (sulfide) groups is 2. The summed E-state index contributed by atoms with van der Waals surface area (Å²) in [5, 5.41) is 0. The van der Waals surface area contributed by atoms with Gasteiger partial charge in [-0.3, -0.25) is 47.9 Å². The van der Waals surface area contributed by atoms with Crippen molar-refractivity contribution in [2.45, 2.75) is 115 Å². The molecule has 2 amide bonds. The molecule has 0 spiro atoms. The fourth-order valence-electron chi connectivity index (χ4n) is 6.31. The zero-order valence-corrected chi connectivity index (χ0v) is 35.6. The number of anilines is 1. The van der Waals surface area contributed by atoms with Crippen LogP contribution in [-0.4, -0.2) is 132 Å². The molecule has 2 saturated heterocycles. The van der Waals surface area contributed by atoms with Gasteiger partial charge >= 0.3 is 47.8 Å². The van der Waals surface area contributed by atoms with Crippen LogP contribution in [0.1, 0.15) is 55.4 Å². The lowest BCUT2D eigenvalue weighted by Gasteiger charge is -2.44. The third-order valence-electron chi connectivity index (χ3n) is 8.38. The number of benzene rings is 1. The van der Waals surface area contributed by atoms with Crippen molar-refractivity contribution in [1.29, 1.82) is 0 Å². The summed E-state index contributed by atoms with van der Waals surface area (Å²) in [4.78, 5) is 128. The molecule has 1 aromatic carbocycles. The zero-order valence-electron chi connectivity index (χ0n) is 34.0. The summed E-state index contributed by atoms with van der Waals surface area (Å²) in [5.41, 5.74) is -3.09. The number of imide groups is 1. The van der Waals surface area contributed by atoms with Gasteiger partial charge in [0, 0.05) is 55.4 Å². The molecule has 0 aromatic heterocycles. The highest BCUT2D eigenvalue weighted by Crippen LogP contribution is 2.47. The van der Waals surface area contributed by atoms with Crippen molar-refractivity contribution >= 4 is 88.8 Å². The number of hydrogen-bond donors (Lipinski definition) is 0. The first-order valence-electron chi connectivity index (χ1n) is 18.3. The molecule has 3 heterocycles. The molecule has 1 aromatic rings. The van der Waals surface area contributed by atoms with E-state index in [1.54, 1.807) is 18.2 Å². The third kappa shape index (κ3) is 12.8. The second-order valence-electron chi connectivity index (χ2n) is 13.3. The second-order valence-corrected chi connectivity index (χ2v) is 15.5. The number of para-hydroxylation sites is 1. The van der Waals surface area contributed by atoms with Gasteiger partial charge < -0.3 is 47.4 Å². The van der Waals surface area contributed by atoms with Crippen LogP contribution in [-0.2, 0) is 95.3 Å². The molecule has 3 aliphatic heterocycles. The molecule has 4 rings (SSSR count). The quantitative estimate of drug-likeness (QED) is 0.137. The smallest absolute Gasteiger partial charge is 0.303 e. The van der Waals surface area contributed by atoms with Gasteiger partial charge in [-0.1, -0.05) is 41.7 Å². The number of esters is 8. The fourth-order valence-corrected chi connectivity index (χ4v) is 8.92. The van der Waals surface area contributed by atoms with E-state index in [0.717, 1.165) is 60.3 Å². The van der Waals surface area contributed by atoms with Crippen molar-refractivity contribution in [3.05, 3.63) is 40.1 Å². The predicted molar refractivity (Wildman–Crippen MR) is 205 cm³/mol. The van der Waals surface area contributed by atoms with Crippen LogP contribution in [0.3, 0.4) is 0 Å². The molecule has 61 heavy (non-hydrogen) atoms. The maximum atomic E-state index is 14.5. The van der Waals surface area contributed by atoms with Gasteiger partial charge in [-0.25, -0.2) is 4.90 Å². The van der Waals surface area contributed by atoms with E-state index < -0.39 is 142 Å². The van der Waals surface area contributed by atoms with Crippen LogP contribution in [0.25, 0.3) is 0 Å². The Morgan fingerprint density at radius 2 is 0.787 bits per heavy atom. The summed E-state index contributed by atoms with van der Waals surface area (Å²) in [7, 11) is 0. The van der Waals surface area contributed by atoms with Gasteiger partial charge in [-0.05, 0) is 12.1 Å².